The molecule has 1 rings (SSSR count). The Balaban J connectivity index is 2.83. The van der Waals surface area contributed by atoms with Crippen molar-refractivity contribution in [3.63, 3.8) is 0 Å². The molecule has 0 spiro atoms. The van der Waals surface area contributed by atoms with E-state index < -0.39 is 5.82 Å². The third-order valence-corrected chi connectivity index (χ3v) is 2.55. The molecule has 0 aliphatic rings. The number of ether oxygens (including phenoxy) is 1. The van der Waals surface area contributed by atoms with Crippen molar-refractivity contribution in [2.45, 2.75) is 0 Å². The lowest BCUT2D eigenvalue weighted by Crippen LogP contribution is -2.16. The number of rotatable bonds is 4. The quantitative estimate of drug-likeness (QED) is 0.854. The van der Waals surface area contributed by atoms with Gasteiger partial charge in [0.1, 0.15) is 12.7 Å². The molecule has 0 aromatic heterocycles. The summed E-state index contributed by atoms with van der Waals surface area (Å²) < 4.78 is 18.9. The normalized spacial score (nSPS) is 9.73. The smallest absolute Gasteiger partial charge is 0.180 e. The lowest BCUT2D eigenvalue weighted by atomic mass is 10.2. The van der Waals surface area contributed by atoms with Gasteiger partial charge in [0.2, 0.25) is 0 Å². The second-order valence-corrected chi connectivity index (χ2v) is 3.60. The predicted octanol–water partition coefficient (Wildman–Crippen LogP) is 2.06. The second-order valence-electron chi connectivity index (χ2n) is 2.80. The summed E-state index contributed by atoms with van der Waals surface area (Å²) in [6.45, 7) is 1.02. The minimum atomic E-state index is -0.537. The van der Waals surface area contributed by atoms with E-state index in [1.165, 1.54) is 12.1 Å². The Bertz CT molecular complexity index is 390. The molecule has 0 aliphatic carbocycles. The summed E-state index contributed by atoms with van der Waals surface area (Å²) in [5.74, 6) is -0.388. The fraction of sp³-hybridized carbons (Fsp3) is 0.300. The van der Waals surface area contributed by atoms with Gasteiger partial charge in [-0.1, -0.05) is 0 Å². The van der Waals surface area contributed by atoms with Crippen LogP contribution in [0.25, 0.3) is 0 Å². The van der Waals surface area contributed by atoms with Crippen LogP contribution < -0.4 is 10.1 Å². The van der Waals surface area contributed by atoms with E-state index in [1.807, 2.05) is 6.07 Å². The first-order chi connectivity index (χ1) is 7.20. The van der Waals surface area contributed by atoms with Gasteiger partial charge in [0.25, 0.3) is 0 Å². The van der Waals surface area contributed by atoms with Gasteiger partial charge in [0, 0.05) is 6.54 Å². The number of nitriles is 1. The van der Waals surface area contributed by atoms with Crippen molar-refractivity contribution in [2.75, 3.05) is 20.2 Å². The van der Waals surface area contributed by atoms with Crippen LogP contribution in [0, 0.1) is 17.1 Å². The van der Waals surface area contributed by atoms with Gasteiger partial charge in [0.05, 0.1) is 10.0 Å². The average Bonchev–Trinajstić information content (AvgIpc) is 2.25. The minimum absolute atomic E-state index is 0.145. The third kappa shape index (κ3) is 2.91. The van der Waals surface area contributed by atoms with E-state index in [0.29, 0.717) is 13.2 Å². The summed E-state index contributed by atoms with van der Waals surface area (Å²) in [5.41, 5.74) is 0.258. The number of hydrogen-bond acceptors (Lipinski definition) is 3. The molecular formula is C10H10BrFN2O. The first-order valence-corrected chi connectivity index (χ1v) is 5.15. The van der Waals surface area contributed by atoms with Crippen molar-refractivity contribution in [1.82, 2.24) is 5.32 Å². The van der Waals surface area contributed by atoms with Crippen molar-refractivity contribution in [1.29, 1.82) is 5.26 Å². The van der Waals surface area contributed by atoms with Crippen LogP contribution in [0.15, 0.2) is 16.6 Å². The van der Waals surface area contributed by atoms with Crippen LogP contribution in [0.1, 0.15) is 5.56 Å². The van der Waals surface area contributed by atoms with Gasteiger partial charge in [0.15, 0.2) is 11.6 Å². The van der Waals surface area contributed by atoms with Gasteiger partial charge in [-0.3, -0.25) is 0 Å². The highest BCUT2D eigenvalue weighted by atomic mass is 79.9. The Hall–Kier alpha value is -1.12. The van der Waals surface area contributed by atoms with Gasteiger partial charge in [-0.05, 0) is 35.1 Å². The van der Waals surface area contributed by atoms with Crippen LogP contribution in [0.3, 0.4) is 0 Å². The summed E-state index contributed by atoms with van der Waals surface area (Å²) in [7, 11) is 1.79. The summed E-state index contributed by atoms with van der Waals surface area (Å²) in [5, 5.41) is 11.5. The van der Waals surface area contributed by atoms with Crippen LogP contribution in [0.2, 0.25) is 0 Å². The zero-order valence-electron chi connectivity index (χ0n) is 8.18. The maximum atomic E-state index is 13.5. The minimum Gasteiger partial charge on any atom is -0.489 e. The van der Waals surface area contributed by atoms with Crippen molar-refractivity contribution in [3.05, 3.63) is 28.0 Å². The van der Waals surface area contributed by atoms with Crippen LogP contribution in [0.5, 0.6) is 5.75 Å². The van der Waals surface area contributed by atoms with Crippen LogP contribution in [0.4, 0.5) is 4.39 Å². The number of halogens is 2. The molecule has 0 radical (unpaired) electrons. The van der Waals surface area contributed by atoms with Gasteiger partial charge < -0.3 is 10.1 Å². The first kappa shape index (κ1) is 12.0. The number of likely N-dealkylation sites (N-methyl/N-ethyl adjacent to an activating group) is 1. The molecule has 0 fully saturated rings. The molecule has 0 bridgehead atoms. The highest BCUT2D eigenvalue weighted by Crippen LogP contribution is 2.27. The summed E-state index contributed by atoms with van der Waals surface area (Å²) in [4.78, 5) is 0. The van der Waals surface area contributed by atoms with Crippen molar-refractivity contribution < 1.29 is 9.13 Å². The summed E-state index contributed by atoms with van der Waals surface area (Å²) in [6, 6.07) is 4.84. The molecule has 0 atom stereocenters. The standard InChI is InChI=1S/C10H10BrFN2O/c1-14-4-5-15-8-3-2-7(6-13)9(11)10(8)12/h2-3,14H,4-5H2,1H3. The molecule has 0 amide bonds. The fourth-order valence-corrected chi connectivity index (χ4v) is 1.41. The fourth-order valence-electron chi connectivity index (χ4n) is 0.993. The second kappa shape index (κ2) is 5.69. The SMILES string of the molecule is CNCCOc1ccc(C#N)c(Br)c1F. The Morgan fingerprint density at radius 3 is 2.93 bits per heavy atom. The molecule has 0 unspecified atom stereocenters. The lowest BCUT2D eigenvalue weighted by Gasteiger charge is -2.08. The molecule has 1 aromatic carbocycles. The van der Waals surface area contributed by atoms with Crippen LogP contribution in [-0.4, -0.2) is 20.2 Å². The van der Waals surface area contributed by atoms with Crippen LogP contribution in [-0.2, 0) is 0 Å². The Kier molecular flexibility index (Phi) is 4.53. The maximum Gasteiger partial charge on any atom is 0.180 e. The van der Waals surface area contributed by atoms with E-state index in [0.717, 1.165) is 0 Å². The topological polar surface area (TPSA) is 45.0 Å². The molecule has 80 valence electrons. The molecule has 1 aromatic rings. The molecule has 15 heavy (non-hydrogen) atoms. The maximum absolute atomic E-state index is 13.5. The van der Waals surface area contributed by atoms with E-state index >= 15 is 0 Å². The highest BCUT2D eigenvalue weighted by Gasteiger charge is 2.11. The Labute approximate surface area is 96.0 Å². The Morgan fingerprint density at radius 1 is 1.60 bits per heavy atom. The number of benzene rings is 1. The highest BCUT2D eigenvalue weighted by molar-refractivity contribution is 9.10. The number of nitrogens with zero attached hydrogens (tertiary/aromatic N) is 1. The molecular weight excluding hydrogens is 263 g/mol. The van der Waals surface area contributed by atoms with Gasteiger partial charge in [-0.25, -0.2) is 4.39 Å². The molecule has 3 nitrogen and oxygen atoms in total. The summed E-state index contributed by atoms with van der Waals surface area (Å²) >= 11 is 3.01. The van der Waals surface area contributed by atoms with E-state index in [9.17, 15) is 4.39 Å². The zero-order valence-corrected chi connectivity index (χ0v) is 9.77. The Morgan fingerprint density at radius 2 is 2.33 bits per heavy atom. The van der Waals surface area contributed by atoms with Gasteiger partial charge >= 0.3 is 0 Å². The van der Waals surface area contributed by atoms with E-state index in [1.54, 1.807) is 7.05 Å². The van der Waals surface area contributed by atoms with Crippen LogP contribution >= 0.6 is 15.9 Å². The first-order valence-electron chi connectivity index (χ1n) is 4.36. The van der Waals surface area contributed by atoms with E-state index in [2.05, 4.69) is 21.2 Å². The summed E-state index contributed by atoms with van der Waals surface area (Å²) in [6.07, 6.45) is 0. The molecule has 0 heterocycles. The van der Waals surface area contributed by atoms with Gasteiger partial charge in [-0.15, -0.1) is 0 Å². The van der Waals surface area contributed by atoms with E-state index in [4.69, 9.17) is 10.00 Å². The molecule has 0 saturated heterocycles. The molecule has 0 aliphatic heterocycles. The van der Waals surface area contributed by atoms with Crippen molar-refractivity contribution >= 4 is 15.9 Å². The van der Waals surface area contributed by atoms with Crippen molar-refractivity contribution in [2.24, 2.45) is 0 Å². The molecule has 1 N–H and O–H groups in total. The third-order valence-electron chi connectivity index (χ3n) is 1.78. The molecule has 0 saturated carbocycles. The van der Waals surface area contributed by atoms with Crippen molar-refractivity contribution in [3.8, 4) is 11.8 Å². The predicted molar refractivity (Wildman–Crippen MR) is 58.2 cm³/mol. The number of nitrogens with one attached hydrogen (secondary N) is 1. The molecule has 5 heteroatoms. The average molecular weight is 273 g/mol. The van der Waals surface area contributed by atoms with Gasteiger partial charge in [-0.2, -0.15) is 5.26 Å². The zero-order chi connectivity index (χ0) is 11.3. The monoisotopic (exact) mass is 272 g/mol. The van der Waals surface area contributed by atoms with E-state index in [-0.39, 0.29) is 15.8 Å². The lowest BCUT2D eigenvalue weighted by molar-refractivity contribution is 0.302. The largest absolute Gasteiger partial charge is 0.489 e. The number of hydrogen-bond donors (Lipinski definition) is 1.